The Bertz CT molecular complexity index is 464. The average Bonchev–Trinajstić information content (AvgIpc) is 3.37. The van der Waals surface area contributed by atoms with Crippen LogP contribution in [0.2, 0.25) is 18.1 Å². The molecule has 2 heteroatoms. The molecule has 0 fully saturated rings. The molecule has 3 aliphatic rings. The SMILES string of the molecule is CO[Si](CCC1C=CC=C1)(CCC1C=CC=C1)CCC1C=CC=C1. The van der Waals surface area contributed by atoms with Crippen LogP contribution in [-0.2, 0) is 4.43 Å². The van der Waals surface area contributed by atoms with Crippen molar-refractivity contribution in [2.75, 3.05) is 7.11 Å². The van der Waals surface area contributed by atoms with E-state index in [-0.39, 0.29) is 0 Å². The molecule has 0 aromatic carbocycles. The second kappa shape index (κ2) is 8.64. The lowest BCUT2D eigenvalue weighted by Crippen LogP contribution is -2.38. The minimum Gasteiger partial charge on any atom is -0.420 e. The predicted molar refractivity (Wildman–Crippen MR) is 106 cm³/mol. The van der Waals surface area contributed by atoms with Gasteiger partial charge in [-0.2, -0.15) is 0 Å². The normalized spacial score (nSPS) is 20.4. The summed E-state index contributed by atoms with van der Waals surface area (Å²) < 4.78 is 6.31. The second-order valence-electron chi connectivity index (χ2n) is 7.30. The van der Waals surface area contributed by atoms with E-state index < -0.39 is 8.32 Å². The van der Waals surface area contributed by atoms with E-state index in [9.17, 15) is 0 Å². The van der Waals surface area contributed by atoms with Gasteiger partial charge in [-0.25, -0.2) is 0 Å². The van der Waals surface area contributed by atoms with Crippen LogP contribution < -0.4 is 0 Å². The van der Waals surface area contributed by atoms with E-state index in [0.29, 0.717) is 17.8 Å². The third-order valence-corrected chi connectivity index (χ3v) is 10.2. The quantitative estimate of drug-likeness (QED) is 0.446. The Balaban J connectivity index is 1.59. The summed E-state index contributed by atoms with van der Waals surface area (Å²) in [5, 5.41) is 0. The minimum atomic E-state index is -1.68. The molecule has 3 rings (SSSR count). The monoisotopic (exact) mass is 338 g/mol. The molecule has 0 atom stereocenters. The van der Waals surface area contributed by atoms with Crippen LogP contribution in [0, 0.1) is 17.8 Å². The van der Waals surface area contributed by atoms with Gasteiger partial charge in [0.05, 0.1) is 0 Å². The van der Waals surface area contributed by atoms with Crippen LogP contribution in [-0.4, -0.2) is 15.4 Å². The average molecular weight is 339 g/mol. The molecule has 0 bridgehead atoms. The fourth-order valence-electron chi connectivity index (χ4n) is 3.98. The molecule has 0 aromatic heterocycles. The maximum absolute atomic E-state index is 6.31. The van der Waals surface area contributed by atoms with Crippen LogP contribution in [0.5, 0.6) is 0 Å². The molecule has 0 unspecified atom stereocenters. The molecular weight excluding hydrogens is 308 g/mol. The molecule has 0 heterocycles. The lowest BCUT2D eigenvalue weighted by Gasteiger charge is -2.32. The molecule has 24 heavy (non-hydrogen) atoms. The Kier molecular flexibility index (Phi) is 6.28. The van der Waals surface area contributed by atoms with E-state index in [0.717, 1.165) is 0 Å². The number of hydrogen-bond acceptors (Lipinski definition) is 1. The van der Waals surface area contributed by atoms with Gasteiger partial charge in [0.15, 0.2) is 8.32 Å². The molecule has 0 aliphatic heterocycles. The van der Waals surface area contributed by atoms with Crippen LogP contribution in [0.4, 0.5) is 0 Å². The van der Waals surface area contributed by atoms with Gasteiger partial charge < -0.3 is 4.43 Å². The summed E-state index contributed by atoms with van der Waals surface area (Å²) in [7, 11) is 0.304. The van der Waals surface area contributed by atoms with Crippen molar-refractivity contribution in [3.63, 3.8) is 0 Å². The molecule has 128 valence electrons. The topological polar surface area (TPSA) is 9.23 Å². The van der Waals surface area contributed by atoms with Crippen molar-refractivity contribution in [3.8, 4) is 0 Å². The fraction of sp³-hybridized carbons (Fsp3) is 0.455. The van der Waals surface area contributed by atoms with Gasteiger partial charge in [-0.1, -0.05) is 72.9 Å². The van der Waals surface area contributed by atoms with Crippen molar-refractivity contribution in [1.29, 1.82) is 0 Å². The van der Waals surface area contributed by atoms with E-state index >= 15 is 0 Å². The number of allylic oxidation sites excluding steroid dienone is 12. The zero-order chi connectivity index (χ0) is 16.7. The Morgan fingerprint density at radius 2 is 0.875 bits per heavy atom. The molecule has 3 aliphatic carbocycles. The highest BCUT2D eigenvalue weighted by atomic mass is 28.4. The van der Waals surface area contributed by atoms with Gasteiger partial charge in [0.25, 0.3) is 0 Å². The van der Waals surface area contributed by atoms with Gasteiger partial charge in [-0.3, -0.25) is 0 Å². The second-order valence-corrected chi connectivity index (χ2v) is 11.6. The molecular formula is C22H30OSi. The van der Waals surface area contributed by atoms with E-state index in [1.54, 1.807) is 0 Å². The Labute approximate surface area is 148 Å². The van der Waals surface area contributed by atoms with Crippen molar-refractivity contribution in [2.45, 2.75) is 37.4 Å². The first kappa shape index (κ1) is 17.4. The first-order valence-electron chi connectivity index (χ1n) is 9.40. The Morgan fingerprint density at radius 3 is 1.12 bits per heavy atom. The van der Waals surface area contributed by atoms with Crippen LogP contribution >= 0.6 is 0 Å². The minimum absolute atomic E-state index is 0.629. The smallest absolute Gasteiger partial charge is 0.192 e. The summed E-state index contributed by atoms with van der Waals surface area (Å²) in [5.41, 5.74) is 0. The standard InChI is InChI=1S/C22H30OSi/c1-23-24(17-14-20-8-2-3-9-20,18-15-21-10-4-5-11-21)19-16-22-12-6-7-13-22/h2-13,20-22H,14-19H2,1H3. The van der Waals surface area contributed by atoms with Crippen molar-refractivity contribution in [3.05, 3.63) is 72.9 Å². The summed E-state index contributed by atoms with van der Waals surface area (Å²) in [6.45, 7) is 0. The maximum atomic E-state index is 6.31. The van der Waals surface area contributed by atoms with Crippen molar-refractivity contribution < 1.29 is 4.43 Å². The van der Waals surface area contributed by atoms with Gasteiger partial charge in [0.2, 0.25) is 0 Å². The van der Waals surface area contributed by atoms with E-state index in [1.807, 2.05) is 7.11 Å². The molecule has 0 radical (unpaired) electrons. The first-order chi connectivity index (χ1) is 11.8. The zero-order valence-electron chi connectivity index (χ0n) is 14.8. The number of hydrogen-bond donors (Lipinski definition) is 0. The third-order valence-electron chi connectivity index (χ3n) is 5.72. The maximum Gasteiger partial charge on any atom is 0.192 e. The highest BCUT2D eigenvalue weighted by Crippen LogP contribution is 2.34. The lowest BCUT2D eigenvalue weighted by molar-refractivity contribution is 0.379. The van der Waals surface area contributed by atoms with Crippen molar-refractivity contribution in [2.24, 2.45) is 17.8 Å². The Hall–Kier alpha value is -1.38. The summed E-state index contributed by atoms with van der Waals surface area (Å²) in [6.07, 6.45) is 30.8. The number of rotatable bonds is 10. The highest BCUT2D eigenvalue weighted by molar-refractivity contribution is 6.73. The zero-order valence-corrected chi connectivity index (χ0v) is 15.8. The summed E-state index contributed by atoms with van der Waals surface area (Å²) >= 11 is 0. The van der Waals surface area contributed by atoms with Gasteiger partial charge in [-0.05, 0) is 55.1 Å². The van der Waals surface area contributed by atoms with E-state index in [2.05, 4.69) is 72.9 Å². The predicted octanol–water partition coefficient (Wildman–Crippen LogP) is 5.98. The van der Waals surface area contributed by atoms with Gasteiger partial charge >= 0.3 is 0 Å². The van der Waals surface area contributed by atoms with Gasteiger partial charge in [-0.15, -0.1) is 0 Å². The van der Waals surface area contributed by atoms with Crippen molar-refractivity contribution >= 4 is 8.32 Å². The molecule has 0 N–H and O–H groups in total. The first-order valence-corrected chi connectivity index (χ1v) is 11.9. The molecule has 0 aromatic rings. The van der Waals surface area contributed by atoms with Crippen LogP contribution in [0.3, 0.4) is 0 Å². The van der Waals surface area contributed by atoms with Crippen LogP contribution in [0.1, 0.15) is 19.3 Å². The Morgan fingerprint density at radius 1 is 0.583 bits per heavy atom. The summed E-state index contributed by atoms with van der Waals surface area (Å²) in [5.74, 6) is 1.89. The molecule has 0 spiro atoms. The largest absolute Gasteiger partial charge is 0.420 e. The van der Waals surface area contributed by atoms with Gasteiger partial charge in [0, 0.05) is 7.11 Å². The van der Waals surface area contributed by atoms with Gasteiger partial charge in [0.1, 0.15) is 0 Å². The molecule has 0 saturated heterocycles. The van der Waals surface area contributed by atoms with Crippen LogP contribution in [0.15, 0.2) is 72.9 Å². The summed E-state index contributed by atoms with van der Waals surface area (Å²) in [4.78, 5) is 0. The highest BCUT2D eigenvalue weighted by Gasteiger charge is 2.34. The third kappa shape index (κ3) is 4.81. The van der Waals surface area contributed by atoms with Crippen molar-refractivity contribution in [1.82, 2.24) is 0 Å². The fourth-order valence-corrected chi connectivity index (χ4v) is 7.92. The van der Waals surface area contributed by atoms with Crippen LogP contribution in [0.25, 0.3) is 0 Å². The van der Waals surface area contributed by atoms with E-state index in [1.165, 1.54) is 37.4 Å². The van der Waals surface area contributed by atoms with E-state index in [4.69, 9.17) is 4.43 Å². The molecule has 0 amide bonds. The molecule has 1 nitrogen and oxygen atoms in total. The molecule has 0 saturated carbocycles. The summed E-state index contributed by atoms with van der Waals surface area (Å²) in [6, 6.07) is 3.84. The lowest BCUT2D eigenvalue weighted by atomic mass is 10.1.